The molecule has 0 saturated heterocycles. The van der Waals surface area contributed by atoms with Crippen LogP contribution in [0.2, 0.25) is 0 Å². The molecule has 15 heavy (non-hydrogen) atoms. The summed E-state index contributed by atoms with van der Waals surface area (Å²) in [5, 5.41) is 0. The van der Waals surface area contributed by atoms with Gasteiger partial charge in [-0.15, -0.1) is 0 Å². The molecule has 6 heteroatoms. The van der Waals surface area contributed by atoms with Crippen molar-refractivity contribution in [3.63, 3.8) is 0 Å². The first-order chi connectivity index (χ1) is 7.06. The topological polar surface area (TPSA) is 90.6 Å². The van der Waals surface area contributed by atoms with Gasteiger partial charge in [-0.2, -0.15) is 0 Å². The van der Waals surface area contributed by atoms with E-state index in [1.54, 1.807) is 0 Å². The maximum absolute atomic E-state index is 11.2. The highest BCUT2D eigenvalue weighted by atomic mass is 16.6. The second kappa shape index (κ2) is 3.16. The van der Waals surface area contributed by atoms with E-state index in [0.29, 0.717) is 0 Å². The van der Waals surface area contributed by atoms with Crippen LogP contribution in [0.15, 0.2) is 26.1 Å². The van der Waals surface area contributed by atoms with E-state index in [0.717, 1.165) is 12.1 Å². The Kier molecular flexibility index (Phi) is 1.96. The number of carbonyl (C=O) groups excluding carboxylic acids is 2. The van der Waals surface area contributed by atoms with Crippen LogP contribution in [0.25, 0.3) is 0 Å². The van der Waals surface area contributed by atoms with Gasteiger partial charge in [-0.1, -0.05) is 0 Å². The summed E-state index contributed by atoms with van der Waals surface area (Å²) >= 11 is 0. The van der Waals surface area contributed by atoms with E-state index in [-0.39, 0.29) is 17.5 Å². The van der Waals surface area contributed by atoms with E-state index in [9.17, 15) is 19.2 Å². The van der Waals surface area contributed by atoms with Gasteiger partial charge in [-0.05, 0) is 5.56 Å². The van der Waals surface area contributed by atoms with Crippen LogP contribution in [0.5, 0.6) is 0 Å². The third-order valence-corrected chi connectivity index (χ3v) is 1.86. The third-order valence-electron chi connectivity index (χ3n) is 1.86. The lowest BCUT2D eigenvalue weighted by Gasteiger charge is -2.09. The van der Waals surface area contributed by atoms with Gasteiger partial charge in [0.05, 0.1) is 12.0 Å². The number of carbonyl (C=O) groups is 2. The summed E-state index contributed by atoms with van der Waals surface area (Å²) in [6.07, 6.45) is -0.222. The van der Waals surface area contributed by atoms with Crippen molar-refractivity contribution in [2.75, 3.05) is 0 Å². The Morgan fingerprint density at radius 3 is 2.40 bits per heavy atom. The van der Waals surface area contributed by atoms with Crippen LogP contribution in [0, 0.1) is 0 Å². The number of cyclic esters (lactones) is 2. The molecule has 0 aromatic carbocycles. The Balaban J connectivity index is 2.80. The largest absolute Gasteiger partial charge is 0.389 e. The van der Waals surface area contributed by atoms with E-state index in [4.69, 9.17) is 0 Å². The number of fused-ring (bicyclic) bond motifs is 1. The number of ether oxygens (including phenoxy) is 1. The van der Waals surface area contributed by atoms with E-state index >= 15 is 0 Å². The minimum absolute atomic E-state index is 0.106. The van der Waals surface area contributed by atoms with Gasteiger partial charge in [0.25, 0.3) is 0 Å². The van der Waals surface area contributed by atoms with Gasteiger partial charge in [0.1, 0.15) is 0 Å². The molecular formula is C9H4O6. The lowest BCUT2D eigenvalue weighted by atomic mass is 10.1. The Morgan fingerprint density at radius 1 is 1.00 bits per heavy atom. The van der Waals surface area contributed by atoms with Crippen molar-refractivity contribution in [1.82, 2.24) is 0 Å². The monoisotopic (exact) mass is 208 g/mol. The Bertz CT molecular complexity index is 568. The molecule has 1 aromatic heterocycles. The molecule has 0 radical (unpaired) electrons. The van der Waals surface area contributed by atoms with Gasteiger partial charge in [-0.3, -0.25) is 4.79 Å². The zero-order valence-electron chi connectivity index (χ0n) is 7.31. The molecule has 0 fully saturated rings. The van der Waals surface area contributed by atoms with Crippen molar-refractivity contribution >= 4 is 11.9 Å². The summed E-state index contributed by atoms with van der Waals surface area (Å²) in [5.74, 6) is -1.70. The second-order valence-electron chi connectivity index (χ2n) is 2.91. The van der Waals surface area contributed by atoms with Gasteiger partial charge in [0.15, 0.2) is 0 Å². The van der Waals surface area contributed by atoms with Crippen molar-refractivity contribution in [3.8, 4) is 0 Å². The van der Waals surface area contributed by atoms with Crippen molar-refractivity contribution in [3.05, 3.63) is 44.1 Å². The average Bonchev–Trinajstić information content (AvgIpc) is 2.22. The lowest BCUT2D eigenvalue weighted by Crippen LogP contribution is -2.22. The molecule has 0 bridgehead atoms. The van der Waals surface area contributed by atoms with E-state index in [1.807, 2.05) is 0 Å². The zero-order valence-corrected chi connectivity index (χ0v) is 7.31. The molecule has 0 spiro atoms. The molecule has 2 rings (SSSR count). The van der Waals surface area contributed by atoms with E-state index in [2.05, 4.69) is 9.15 Å². The van der Waals surface area contributed by atoms with Crippen LogP contribution in [0.3, 0.4) is 0 Å². The van der Waals surface area contributed by atoms with E-state index < -0.39 is 23.2 Å². The van der Waals surface area contributed by atoms with E-state index in [1.165, 1.54) is 0 Å². The highest BCUT2D eigenvalue weighted by molar-refractivity contribution is 6.02. The summed E-state index contributed by atoms with van der Waals surface area (Å²) in [6.45, 7) is 0. The quantitative estimate of drug-likeness (QED) is 0.411. The highest BCUT2D eigenvalue weighted by Gasteiger charge is 2.25. The Hall–Kier alpha value is -2.24. The lowest BCUT2D eigenvalue weighted by molar-refractivity contribution is -0.137. The van der Waals surface area contributed by atoms with Crippen LogP contribution in [-0.4, -0.2) is 11.9 Å². The summed E-state index contributed by atoms with van der Waals surface area (Å²) in [4.78, 5) is 43.9. The average molecular weight is 208 g/mol. The zero-order chi connectivity index (χ0) is 11.0. The van der Waals surface area contributed by atoms with Crippen LogP contribution in [-0.2, 0) is 16.0 Å². The highest BCUT2D eigenvalue weighted by Crippen LogP contribution is 2.13. The number of hydrogen-bond acceptors (Lipinski definition) is 6. The second-order valence-corrected chi connectivity index (χ2v) is 2.91. The van der Waals surface area contributed by atoms with Crippen LogP contribution >= 0.6 is 0 Å². The molecule has 6 nitrogen and oxygen atoms in total. The van der Waals surface area contributed by atoms with Gasteiger partial charge < -0.3 is 9.15 Å². The molecule has 1 aliphatic rings. The third kappa shape index (κ3) is 1.69. The molecule has 1 aliphatic heterocycles. The fourth-order valence-electron chi connectivity index (χ4n) is 1.27. The molecule has 2 heterocycles. The molecule has 0 amide bonds. The van der Waals surface area contributed by atoms with Crippen LogP contribution in [0.1, 0.15) is 15.9 Å². The maximum Gasteiger partial charge on any atom is 0.346 e. The number of esters is 2. The standard InChI is InChI=1S/C9H4O6/c10-6-1-4-2-7(11)15-9(13)5(4)3-8(12)14-6/h1,3H,2H2. The number of rotatable bonds is 0. The molecule has 1 aromatic rings. The van der Waals surface area contributed by atoms with Crippen LogP contribution < -0.4 is 11.3 Å². The first-order valence-electron chi connectivity index (χ1n) is 3.99. The predicted molar refractivity (Wildman–Crippen MR) is 45.4 cm³/mol. The molecular weight excluding hydrogens is 204 g/mol. The summed E-state index contributed by atoms with van der Waals surface area (Å²) in [7, 11) is 0. The van der Waals surface area contributed by atoms with Crippen molar-refractivity contribution < 1.29 is 18.7 Å². The van der Waals surface area contributed by atoms with Crippen molar-refractivity contribution in [2.45, 2.75) is 6.42 Å². The Labute approximate surface area is 82.1 Å². The summed E-state index contributed by atoms with van der Waals surface area (Å²) in [5.41, 5.74) is -1.81. The molecule has 0 atom stereocenters. The molecule has 0 aliphatic carbocycles. The van der Waals surface area contributed by atoms with Gasteiger partial charge in [-0.25, -0.2) is 14.4 Å². The smallest absolute Gasteiger partial charge is 0.346 e. The normalized spacial score (nSPS) is 14.4. The predicted octanol–water partition coefficient (Wildman–Crippen LogP) is -0.760. The van der Waals surface area contributed by atoms with Crippen LogP contribution in [0.4, 0.5) is 0 Å². The Morgan fingerprint density at radius 2 is 1.67 bits per heavy atom. The molecule has 0 saturated carbocycles. The maximum atomic E-state index is 11.2. The summed E-state index contributed by atoms with van der Waals surface area (Å²) < 4.78 is 8.53. The first-order valence-corrected chi connectivity index (χ1v) is 3.99. The van der Waals surface area contributed by atoms with Crippen molar-refractivity contribution in [1.29, 1.82) is 0 Å². The molecule has 0 N–H and O–H groups in total. The first kappa shape index (κ1) is 9.32. The SMILES string of the molecule is O=C1Cc2cc(=O)oc(=O)cc2C(=O)O1. The summed E-state index contributed by atoms with van der Waals surface area (Å²) in [6, 6.07) is 1.78. The van der Waals surface area contributed by atoms with Gasteiger partial charge in [0.2, 0.25) is 0 Å². The fraction of sp³-hybridized carbons (Fsp3) is 0.111. The van der Waals surface area contributed by atoms with Gasteiger partial charge >= 0.3 is 23.2 Å². The molecule has 76 valence electrons. The fourth-order valence-corrected chi connectivity index (χ4v) is 1.27. The minimum atomic E-state index is -0.951. The number of hydrogen-bond donors (Lipinski definition) is 0. The molecule has 0 unspecified atom stereocenters. The van der Waals surface area contributed by atoms with Crippen molar-refractivity contribution in [2.24, 2.45) is 0 Å². The van der Waals surface area contributed by atoms with Gasteiger partial charge in [0, 0.05) is 12.1 Å². The minimum Gasteiger partial charge on any atom is -0.389 e.